The van der Waals surface area contributed by atoms with Gasteiger partial charge in [-0.15, -0.1) is 24.0 Å². The largest absolute Gasteiger partial charge is 0.356 e. The smallest absolute Gasteiger partial charge is 0.246 e. The molecule has 2 aromatic heterocycles. The third-order valence-electron chi connectivity index (χ3n) is 5.13. The maximum absolute atomic E-state index is 12.6. The van der Waals surface area contributed by atoms with Gasteiger partial charge in [0, 0.05) is 51.5 Å². The second-order valence-electron chi connectivity index (χ2n) is 7.06. The predicted octanol–water partition coefficient (Wildman–Crippen LogP) is 2.05. The molecule has 0 aliphatic carbocycles. The third kappa shape index (κ3) is 4.72. The lowest BCUT2D eigenvalue weighted by atomic mass is 10.1. The summed E-state index contributed by atoms with van der Waals surface area (Å²) in [5.74, 6) is 0.794. The Hall–Kier alpha value is -2.69. The molecule has 3 heterocycles. The number of pyridine rings is 1. The molecule has 3 aromatic rings. The highest BCUT2D eigenvalue weighted by Gasteiger charge is 2.27. The molecular formula is C21H26IN7O. The van der Waals surface area contributed by atoms with Crippen molar-refractivity contribution >= 4 is 52.4 Å². The minimum Gasteiger partial charge on any atom is -0.356 e. The topological polar surface area (TPSA) is 78.7 Å². The van der Waals surface area contributed by atoms with Crippen LogP contribution in [0.3, 0.4) is 0 Å². The van der Waals surface area contributed by atoms with Crippen LogP contribution in [0.4, 0.5) is 5.69 Å². The van der Waals surface area contributed by atoms with E-state index in [1.54, 1.807) is 22.8 Å². The number of nitrogens with zero attached hydrogens (tertiary/aromatic N) is 6. The summed E-state index contributed by atoms with van der Waals surface area (Å²) in [6.07, 6.45) is 6.24. The molecule has 0 atom stereocenters. The zero-order chi connectivity index (χ0) is 20.2. The number of hydrogen-bond donors (Lipinski definition) is 1. The van der Waals surface area contributed by atoms with Crippen molar-refractivity contribution in [1.82, 2.24) is 25.0 Å². The normalized spacial score (nSPS) is 14.7. The zero-order valence-electron chi connectivity index (χ0n) is 17.2. The number of piperazine rings is 1. The van der Waals surface area contributed by atoms with E-state index in [2.05, 4.69) is 44.7 Å². The van der Waals surface area contributed by atoms with Gasteiger partial charge in [0.2, 0.25) is 5.91 Å². The Labute approximate surface area is 193 Å². The monoisotopic (exact) mass is 519 g/mol. The molecule has 1 saturated heterocycles. The van der Waals surface area contributed by atoms with Gasteiger partial charge in [-0.2, -0.15) is 5.10 Å². The highest BCUT2D eigenvalue weighted by atomic mass is 127. The highest BCUT2D eigenvalue weighted by molar-refractivity contribution is 14.0. The first kappa shape index (κ1) is 22.0. The Kier molecular flexibility index (Phi) is 7.24. The summed E-state index contributed by atoms with van der Waals surface area (Å²) < 4.78 is 1.71. The minimum absolute atomic E-state index is 0. The number of aryl methyl sites for hydroxylation is 1. The van der Waals surface area contributed by atoms with Crippen LogP contribution in [-0.4, -0.2) is 64.8 Å². The van der Waals surface area contributed by atoms with E-state index in [0.29, 0.717) is 13.1 Å². The molecule has 9 heteroatoms. The lowest BCUT2D eigenvalue weighted by Crippen LogP contribution is -2.55. The van der Waals surface area contributed by atoms with Crippen molar-refractivity contribution < 1.29 is 4.79 Å². The number of halogens is 1. The maximum Gasteiger partial charge on any atom is 0.246 e. The maximum atomic E-state index is 12.6. The molecule has 1 aromatic carbocycles. The van der Waals surface area contributed by atoms with Gasteiger partial charge in [0.05, 0.1) is 17.4 Å². The number of para-hydroxylation sites is 1. The van der Waals surface area contributed by atoms with Crippen LogP contribution >= 0.6 is 24.0 Å². The SMILES string of the molecule is CN=C(NCCc1cccc2cccnc12)N1CCN(c2cnn(C)c2)C(=O)C1.I. The molecule has 1 N–H and O–H groups in total. The first-order chi connectivity index (χ1) is 14.2. The van der Waals surface area contributed by atoms with Crippen molar-refractivity contribution in [3.63, 3.8) is 0 Å². The number of rotatable bonds is 4. The number of nitrogens with one attached hydrogen (secondary N) is 1. The van der Waals surface area contributed by atoms with E-state index in [9.17, 15) is 4.79 Å². The number of benzene rings is 1. The minimum atomic E-state index is 0. The number of amides is 1. The van der Waals surface area contributed by atoms with Gasteiger partial charge in [-0.25, -0.2) is 0 Å². The van der Waals surface area contributed by atoms with E-state index in [4.69, 9.17) is 0 Å². The van der Waals surface area contributed by atoms with Gasteiger partial charge in [-0.1, -0.05) is 24.3 Å². The standard InChI is InChI=1S/C21H25N7O.HI/c1-22-21(24-10-8-17-6-3-5-16-7-4-9-23-20(16)17)27-11-12-28(19(29)15-27)18-13-25-26(2)14-18;/h3-7,9,13-14H,8,10-12,15H2,1-2H3,(H,22,24);1H. The third-order valence-corrected chi connectivity index (χ3v) is 5.13. The molecular weight excluding hydrogens is 493 g/mol. The van der Waals surface area contributed by atoms with Gasteiger partial charge in [0.1, 0.15) is 6.54 Å². The number of anilines is 1. The van der Waals surface area contributed by atoms with Crippen molar-refractivity contribution in [2.45, 2.75) is 6.42 Å². The number of carbonyl (C=O) groups excluding carboxylic acids is 1. The number of carbonyl (C=O) groups is 1. The van der Waals surface area contributed by atoms with E-state index in [-0.39, 0.29) is 29.9 Å². The van der Waals surface area contributed by atoms with Crippen molar-refractivity contribution in [2.75, 3.05) is 38.1 Å². The second kappa shape index (κ2) is 9.88. The molecule has 4 rings (SSSR count). The molecule has 8 nitrogen and oxygen atoms in total. The molecule has 0 radical (unpaired) electrons. The average Bonchev–Trinajstić information content (AvgIpc) is 3.17. The van der Waals surface area contributed by atoms with Crippen LogP contribution in [0.2, 0.25) is 0 Å². The molecule has 1 amide bonds. The highest BCUT2D eigenvalue weighted by Crippen LogP contribution is 2.17. The molecule has 0 spiro atoms. The van der Waals surface area contributed by atoms with Crippen molar-refractivity contribution in [3.05, 3.63) is 54.5 Å². The average molecular weight is 519 g/mol. The lowest BCUT2D eigenvalue weighted by molar-refractivity contribution is -0.120. The van der Waals surface area contributed by atoms with E-state index in [1.165, 1.54) is 5.56 Å². The van der Waals surface area contributed by atoms with Gasteiger partial charge < -0.3 is 15.1 Å². The number of guanidine groups is 1. The van der Waals surface area contributed by atoms with Gasteiger partial charge in [-0.3, -0.25) is 19.5 Å². The lowest BCUT2D eigenvalue weighted by Gasteiger charge is -2.35. The van der Waals surface area contributed by atoms with E-state index >= 15 is 0 Å². The van der Waals surface area contributed by atoms with Crippen LogP contribution in [-0.2, 0) is 18.3 Å². The summed E-state index contributed by atoms with van der Waals surface area (Å²) in [5.41, 5.74) is 3.07. The van der Waals surface area contributed by atoms with Gasteiger partial charge in [0.25, 0.3) is 0 Å². The van der Waals surface area contributed by atoms with Crippen LogP contribution in [0.15, 0.2) is 53.9 Å². The first-order valence-electron chi connectivity index (χ1n) is 9.73. The Morgan fingerprint density at radius 2 is 2.07 bits per heavy atom. The molecule has 0 bridgehead atoms. The number of aromatic nitrogens is 3. The molecule has 1 aliphatic rings. The molecule has 0 saturated carbocycles. The van der Waals surface area contributed by atoms with Crippen LogP contribution in [0.5, 0.6) is 0 Å². The summed E-state index contributed by atoms with van der Waals surface area (Å²) in [4.78, 5) is 25.3. The van der Waals surface area contributed by atoms with Crippen molar-refractivity contribution in [1.29, 1.82) is 0 Å². The van der Waals surface area contributed by atoms with Crippen LogP contribution in [0.25, 0.3) is 10.9 Å². The van der Waals surface area contributed by atoms with E-state index < -0.39 is 0 Å². The fourth-order valence-corrected chi connectivity index (χ4v) is 3.69. The van der Waals surface area contributed by atoms with Crippen LogP contribution in [0, 0.1) is 0 Å². The molecule has 1 fully saturated rings. The summed E-state index contributed by atoms with van der Waals surface area (Å²) >= 11 is 0. The molecule has 1 aliphatic heterocycles. The number of aliphatic imine (C=N–C) groups is 1. The Bertz CT molecular complexity index is 1040. The molecule has 0 unspecified atom stereocenters. The summed E-state index contributed by atoms with van der Waals surface area (Å²) in [6.45, 7) is 2.35. The molecule has 158 valence electrons. The fraction of sp³-hybridized carbons (Fsp3) is 0.333. The zero-order valence-corrected chi connectivity index (χ0v) is 19.5. The van der Waals surface area contributed by atoms with Crippen LogP contribution in [0.1, 0.15) is 5.56 Å². The van der Waals surface area contributed by atoms with Crippen molar-refractivity contribution in [3.8, 4) is 0 Å². The summed E-state index contributed by atoms with van der Waals surface area (Å²) in [5, 5.41) is 8.69. The van der Waals surface area contributed by atoms with Crippen molar-refractivity contribution in [2.24, 2.45) is 12.0 Å². The quantitative estimate of drug-likeness (QED) is 0.325. The Morgan fingerprint density at radius 3 is 2.80 bits per heavy atom. The van der Waals surface area contributed by atoms with E-state index in [1.807, 2.05) is 30.4 Å². The fourth-order valence-electron chi connectivity index (χ4n) is 3.69. The second-order valence-corrected chi connectivity index (χ2v) is 7.06. The van der Waals surface area contributed by atoms with Gasteiger partial charge in [0.15, 0.2) is 5.96 Å². The Morgan fingerprint density at radius 1 is 1.23 bits per heavy atom. The van der Waals surface area contributed by atoms with Gasteiger partial charge in [-0.05, 0) is 18.1 Å². The first-order valence-corrected chi connectivity index (χ1v) is 9.73. The number of hydrogen-bond acceptors (Lipinski definition) is 4. The predicted molar refractivity (Wildman–Crippen MR) is 129 cm³/mol. The van der Waals surface area contributed by atoms with Gasteiger partial charge >= 0.3 is 0 Å². The number of fused-ring (bicyclic) bond motifs is 1. The summed E-state index contributed by atoms with van der Waals surface area (Å²) in [6, 6.07) is 10.3. The van der Waals surface area contributed by atoms with Crippen LogP contribution < -0.4 is 10.2 Å². The Balaban J connectivity index is 0.00000256. The summed E-state index contributed by atoms with van der Waals surface area (Å²) in [7, 11) is 3.60. The van der Waals surface area contributed by atoms with E-state index in [0.717, 1.165) is 42.1 Å². The molecule has 30 heavy (non-hydrogen) atoms.